The van der Waals surface area contributed by atoms with Crippen molar-refractivity contribution in [2.24, 2.45) is 5.73 Å². The van der Waals surface area contributed by atoms with Crippen LogP contribution in [0.1, 0.15) is 65.2 Å². The third-order valence-corrected chi connectivity index (χ3v) is 5.47. The molecule has 0 radical (unpaired) electrons. The van der Waals surface area contributed by atoms with Crippen LogP contribution in [0.5, 0.6) is 0 Å². The molecule has 176 valence electrons. The van der Waals surface area contributed by atoms with Crippen molar-refractivity contribution >= 4 is 25.4 Å². The van der Waals surface area contributed by atoms with Gasteiger partial charge < -0.3 is 25.9 Å². The number of carbonyl (C=O) groups is 3. The number of hydrogen-bond acceptors (Lipinski definition) is 9. The normalized spacial score (nSPS) is 15.9. The number of aliphatic carboxylic acids is 1. The molecule has 0 fully saturated rings. The Balaban J connectivity index is 5.88. The zero-order valence-electron chi connectivity index (χ0n) is 17.5. The molecule has 0 aromatic carbocycles. The molecule has 0 saturated heterocycles. The number of rotatable bonds is 18. The molecular formula is C18H34NO10P. The van der Waals surface area contributed by atoms with Gasteiger partial charge in [-0.3, -0.25) is 23.4 Å². The number of carboxylic acids is 1. The van der Waals surface area contributed by atoms with Gasteiger partial charge in [-0.1, -0.05) is 39.5 Å². The fraction of sp³-hybridized carbons (Fsp3) is 0.833. The number of unbranched alkanes of at least 4 members (excludes halogenated alkanes) is 4. The first-order chi connectivity index (χ1) is 14.0. The summed E-state index contributed by atoms with van der Waals surface area (Å²) in [6.45, 7) is 1.73. The monoisotopic (exact) mass is 455 g/mol. The van der Waals surface area contributed by atoms with Gasteiger partial charge in [-0.05, 0) is 12.8 Å². The predicted octanol–water partition coefficient (Wildman–Crippen LogP) is 0.923. The molecular weight excluding hydrogens is 421 g/mol. The van der Waals surface area contributed by atoms with Gasteiger partial charge in [0, 0.05) is 12.8 Å². The molecule has 0 aliphatic rings. The Labute approximate surface area is 176 Å². The minimum Gasteiger partial charge on any atom is -0.480 e. The van der Waals surface area contributed by atoms with E-state index >= 15 is 0 Å². The summed E-state index contributed by atoms with van der Waals surface area (Å²) in [5.41, 5.74) is 2.41. The van der Waals surface area contributed by atoms with Crippen LogP contribution in [0.4, 0.5) is 0 Å². The first-order valence-electron chi connectivity index (χ1n) is 10.00. The second-order valence-corrected chi connectivity index (χ2v) is 8.37. The van der Waals surface area contributed by atoms with E-state index in [1.54, 1.807) is 0 Å². The number of nitrogens with two attached hydrogens (primary N) is 1. The van der Waals surface area contributed by atoms with Crippen molar-refractivity contribution < 1.29 is 48.2 Å². The summed E-state index contributed by atoms with van der Waals surface area (Å²) in [7, 11) is -5.22. The Morgan fingerprint density at radius 3 is 1.87 bits per heavy atom. The van der Waals surface area contributed by atoms with Gasteiger partial charge in [0.15, 0.2) is 11.6 Å². The van der Waals surface area contributed by atoms with Gasteiger partial charge >= 0.3 is 13.8 Å². The van der Waals surface area contributed by atoms with Crippen molar-refractivity contribution in [3.8, 4) is 0 Å². The molecule has 0 aliphatic carbocycles. The lowest BCUT2D eigenvalue weighted by Crippen LogP contribution is -2.58. The molecule has 0 spiro atoms. The van der Waals surface area contributed by atoms with Gasteiger partial charge in [0.1, 0.15) is 12.1 Å². The fourth-order valence-electron chi connectivity index (χ4n) is 2.71. The Bertz CT molecular complexity index is 590. The molecule has 11 nitrogen and oxygen atoms in total. The van der Waals surface area contributed by atoms with E-state index in [4.69, 9.17) is 15.4 Å². The number of aliphatic hydroxyl groups is 2. The second-order valence-electron chi connectivity index (χ2n) is 6.99. The highest BCUT2D eigenvalue weighted by Gasteiger charge is 2.55. The molecule has 1 unspecified atom stereocenters. The van der Waals surface area contributed by atoms with Crippen molar-refractivity contribution in [1.82, 2.24) is 0 Å². The first kappa shape index (κ1) is 28.8. The topological polar surface area (TPSA) is 194 Å². The number of aliphatic hydroxyl groups excluding tert-OH is 2. The van der Waals surface area contributed by atoms with Gasteiger partial charge in [-0.15, -0.1) is 0 Å². The quantitative estimate of drug-likeness (QED) is 0.112. The van der Waals surface area contributed by atoms with Gasteiger partial charge in [0.2, 0.25) is 5.60 Å². The summed E-state index contributed by atoms with van der Waals surface area (Å²) in [6, 6.07) is -1.66. The molecule has 0 saturated carbocycles. The SMILES string of the molecule is CCCCCC(=O)C(OP(=O)(O)OC[C@H](N)C(=O)O)(C(=O)CCCCC)[C@@H](O)CO. The molecule has 3 atom stereocenters. The first-order valence-corrected chi connectivity index (χ1v) is 11.5. The smallest absolute Gasteiger partial charge is 0.473 e. The van der Waals surface area contributed by atoms with E-state index in [1.807, 2.05) is 13.8 Å². The minimum absolute atomic E-state index is 0.237. The zero-order chi connectivity index (χ0) is 23.4. The predicted molar refractivity (Wildman–Crippen MR) is 107 cm³/mol. The highest BCUT2D eigenvalue weighted by Crippen LogP contribution is 2.49. The summed E-state index contributed by atoms with van der Waals surface area (Å²) in [5, 5.41) is 28.5. The second kappa shape index (κ2) is 14.0. The third kappa shape index (κ3) is 8.89. The van der Waals surface area contributed by atoms with Crippen LogP contribution >= 0.6 is 7.82 Å². The molecule has 0 aliphatic heterocycles. The highest BCUT2D eigenvalue weighted by molar-refractivity contribution is 7.47. The maximum absolute atomic E-state index is 12.9. The number of carbonyl (C=O) groups excluding carboxylic acids is 2. The standard InChI is InChI=1S/C18H34NO10P/c1-3-5-7-9-14(21)18(16(23)11-20,15(22)10-8-6-4-2)29-30(26,27)28-12-13(19)17(24)25/h13,16,20,23H,3-12,19H2,1-2H3,(H,24,25)(H,26,27)/t13-,16-/m0/s1. The molecule has 6 N–H and O–H groups in total. The summed E-state index contributed by atoms with van der Waals surface area (Å²) in [6.07, 6.45) is 0.841. The number of carboxylic acid groups (broad SMARTS) is 1. The summed E-state index contributed by atoms with van der Waals surface area (Å²) >= 11 is 0. The third-order valence-electron chi connectivity index (χ3n) is 4.48. The Kier molecular flexibility index (Phi) is 13.4. The van der Waals surface area contributed by atoms with E-state index in [0.717, 1.165) is 12.8 Å². The number of Topliss-reactive ketones (excluding diaryl/α,β-unsaturated/α-hetero) is 2. The van der Waals surface area contributed by atoms with E-state index in [0.29, 0.717) is 25.7 Å². The van der Waals surface area contributed by atoms with E-state index in [2.05, 4.69) is 4.52 Å². The highest BCUT2D eigenvalue weighted by atomic mass is 31.2. The maximum Gasteiger partial charge on any atom is 0.473 e. The van der Waals surface area contributed by atoms with Crippen LogP contribution in [0.15, 0.2) is 0 Å². The van der Waals surface area contributed by atoms with Gasteiger partial charge in [0.05, 0.1) is 13.2 Å². The van der Waals surface area contributed by atoms with Crippen LogP contribution in [0.2, 0.25) is 0 Å². The lowest BCUT2D eigenvalue weighted by atomic mass is 9.83. The summed E-state index contributed by atoms with van der Waals surface area (Å²) in [4.78, 5) is 46.6. The largest absolute Gasteiger partial charge is 0.480 e. The van der Waals surface area contributed by atoms with Crippen LogP contribution in [0, 0.1) is 0 Å². The van der Waals surface area contributed by atoms with Crippen LogP contribution in [0.3, 0.4) is 0 Å². The van der Waals surface area contributed by atoms with E-state index < -0.39 is 56.3 Å². The Hall–Kier alpha value is -1.20. The average Bonchev–Trinajstić information content (AvgIpc) is 2.69. The fourth-order valence-corrected chi connectivity index (χ4v) is 3.81. The molecule has 0 aromatic heterocycles. The number of phosphoric ester groups is 1. The molecule has 0 amide bonds. The Morgan fingerprint density at radius 2 is 1.50 bits per heavy atom. The average molecular weight is 455 g/mol. The van der Waals surface area contributed by atoms with Gasteiger partial charge in [0.25, 0.3) is 0 Å². The van der Waals surface area contributed by atoms with Crippen LogP contribution < -0.4 is 5.73 Å². The lowest BCUT2D eigenvalue weighted by Gasteiger charge is -2.35. The molecule has 12 heteroatoms. The van der Waals surface area contributed by atoms with Crippen molar-refractivity contribution in [2.45, 2.75) is 83.0 Å². The van der Waals surface area contributed by atoms with Crippen LogP contribution in [-0.4, -0.2) is 68.7 Å². The molecule has 0 rings (SSSR count). The molecule has 0 bridgehead atoms. The van der Waals surface area contributed by atoms with Crippen molar-refractivity contribution in [1.29, 1.82) is 0 Å². The van der Waals surface area contributed by atoms with Crippen LogP contribution in [0.25, 0.3) is 0 Å². The van der Waals surface area contributed by atoms with Crippen molar-refractivity contribution in [2.75, 3.05) is 13.2 Å². The van der Waals surface area contributed by atoms with Gasteiger partial charge in [-0.2, -0.15) is 0 Å². The lowest BCUT2D eigenvalue weighted by molar-refractivity contribution is -0.165. The van der Waals surface area contributed by atoms with E-state index in [9.17, 15) is 34.1 Å². The van der Waals surface area contributed by atoms with E-state index in [1.165, 1.54) is 0 Å². The zero-order valence-corrected chi connectivity index (χ0v) is 18.4. The molecule has 0 aromatic rings. The molecule has 0 heterocycles. The molecule has 30 heavy (non-hydrogen) atoms. The summed E-state index contributed by atoms with van der Waals surface area (Å²) in [5.74, 6) is -3.43. The Morgan fingerprint density at radius 1 is 1.03 bits per heavy atom. The van der Waals surface area contributed by atoms with E-state index in [-0.39, 0.29) is 12.8 Å². The van der Waals surface area contributed by atoms with Gasteiger partial charge in [-0.25, -0.2) is 4.57 Å². The maximum atomic E-state index is 12.9. The van der Waals surface area contributed by atoms with Crippen molar-refractivity contribution in [3.63, 3.8) is 0 Å². The van der Waals surface area contributed by atoms with Crippen LogP contribution in [-0.2, 0) is 28.0 Å². The number of phosphoric acid groups is 1. The van der Waals surface area contributed by atoms with Crippen molar-refractivity contribution in [3.05, 3.63) is 0 Å². The number of ketones is 2. The summed E-state index contributed by atoms with van der Waals surface area (Å²) < 4.78 is 21.9. The number of hydrogen-bond donors (Lipinski definition) is 5. The minimum atomic E-state index is -5.22.